The van der Waals surface area contributed by atoms with Gasteiger partial charge in [-0.25, -0.2) is 4.79 Å². The number of aliphatic hydroxyl groups is 1. The molecule has 2 rings (SSSR count). The number of nitrogens with zero attached hydrogens (tertiary/aromatic N) is 1. The minimum Gasteiger partial charge on any atom is -0.462 e. The summed E-state index contributed by atoms with van der Waals surface area (Å²) < 4.78 is 6.74. The Morgan fingerprint density at radius 2 is 2.16 bits per heavy atom. The largest absolute Gasteiger partial charge is 0.462 e. The van der Waals surface area contributed by atoms with E-state index in [0.717, 1.165) is 18.5 Å². The molecule has 1 aliphatic rings. The van der Waals surface area contributed by atoms with Crippen molar-refractivity contribution in [3.8, 4) is 0 Å². The predicted octanol–water partition coefficient (Wildman–Crippen LogP) is 1.83. The van der Waals surface area contributed by atoms with Crippen molar-refractivity contribution < 1.29 is 19.4 Å². The van der Waals surface area contributed by atoms with E-state index in [2.05, 4.69) is 0 Å². The Hall–Kier alpha value is -1.33. The van der Waals surface area contributed by atoms with Gasteiger partial charge >= 0.3 is 5.97 Å². The molecule has 0 unspecified atom stereocenters. The summed E-state index contributed by atoms with van der Waals surface area (Å²) in [6, 6.07) is 0. The monoisotopic (exact) mass is 285 g/mol. The normalized spacial score (nSPS) is 14.1. The van der Waals surface area contributed by atoms with Crippen molar-refractivity contribution in [2.24, 2.45) is 0 Å². The summed E-state index contributed by atoms with van der Waals surface area (Å²) in [6.07, 6.45) is 2.55. The fourth-order valence-corrected chi connectivity index (χ4v) is 2.85. The minimum absolute atomic E-state index is 0.106. The molecule has 0 bridgehead atoms. The number of rotatable bonds is 4. The van der Waals surface area contributed by atoms with E-state index in [1.807, 2.05) is 0 Å². The summed E-state index contributed by atoms with van der Waals surface area (Å²) in [5, 5.41) is 9.13. The van der Waals surface area contributed by atoms with Gasteiger partial charge in [0.1, 0.15) is 12.3 Å². The van der Waals surface area contributed by atoms with E-state index >= 15 is 0 Å². The Morgan fingerprint density at radius 1 is 1.42 bits per heavy atom. The van der Waals surface area contributed by atoms with Crippen LogP contribution in [0.3, 0.4) is 0 Å². The lowest BCUT2D eigenvalue weighted by atomic mass is 10.1. The Kier molecular flexibility index (Phi) is 4.27. The molecule has 19 heavy (non-hydrogen) atoms. The topological polar surface area (TPSA) is 68.5 Å². The first-order valence-electron chi connectivity index (χ1n) is 6.33. The fraction of sp³-hybridized carbons (Fsp3) is 0.538. The third-order valence-corrected chi connectivity index (χ3v) is 3.61. The van der Waals surface area contributed by atoms with Crippen LogP contribution < -0.4 is 0 Å². The second-order valence-electron chi connectivity index (χ2n) is 4.39. The molecule has 2 heterocycles. The molecule has 0 saturated heterocycles. The van der Waals surface area contributed by atoms with Gasteiger partial charge in [-0.05, 0) is 26.2 Å². The van der Waals surface area contributed by atoms with E-state index in [4.69, 9.17) is 21.4 Å². The van der Waals surface area contributed by atoms with E-state index in [-0.39, 0.29) is 22.9 Å². The quantitative estimate of drug-likeness (QED) is 0.677. The first-order valence-corrected chi connectivity index (χ1v) is 6.71. The number of halogens is 1. The van der Waals surface area contributed by atoms with Crippen LogP contribution in [0.1, 0.15) is 46.3 Å². The molecule has 1 aromatic heterocycles. The van der Waals surface area contributed by atoms with Crippen LogP contribution in [-0.4, -0.2) is 34.6 Å². The van der Waals surface area contributed by atoms with Gasteiger partial charge in [-0.15, -0.1) is 0 Å². The van der Waals surface area contributed by atoms with Gasteiger partial charge in [0.05, 0.1) is 17.2 Å². The number of esters is 1. The van der Waals surface area contributed by atoms with E-state index < -0.39 is 18.4 Å². The molecule has 1 aromatic rings. The number of fused-ring (bicyclic) bond motifs is 1. The SMILES string of the molecule is CCOC(=O)c1c(Cl)c(C(=O)CO)n2c1CCCC2. The number of hydrogen-bond donors (Lipinski definition) is 1. The zero-order valence-electron chi connectivity index (χ0n) is 10.7. The van der Waals surface area contributed by atoms with Crippen molar-refractivity contribution in [1.29, 1.82) is 0 Å². The molecule has 0 radical (unpaired) electrons. The molecule has 6 heteroatoms. The standard InChI is InChI=1S/C13H16ClNO4/c1-2-19-13(18)10-8-5-3-4-6-15(8)12(11(10)14)9(17)7-16/h16H,2-7H2,1H3. The highest BCUT2D eigenvalue weighted by Gasteiger charge is 2.31. The Bertz CT molecular complexity index is 521. The zero-order chi connectivity index (χ0) is 14.0. The fourth-order valence-electron chi connectivity index (χ4n) is 2.46. The van der Waals surface area contributed by atoms with E-state index in [1.54, 1.807) is 11.5 Å². The second kappa shape index (κ2) is 5.75. The van der Waals surface area contributed by atoms with Crippen molar-refractivity contribution in [2.75, 3.05) is 13.2 Å². The maximum absolute atomic E-state index is 12.0. The van der Waals surface area contributed by atoms with E-state index in [9.17, 15) is 9.59 Å². The Balaban J connectivity index is 2.57. The molecule has 0 aliphatic carbocycles. The number of aliphatic hydroxyl groups excluding tert-OH is 1. The summed E-state index contributed by atoms with van der Waals surface area (Å²) >= 11 is 6.17. The van der Waals surface area contributed by atoms with Crippen LogP contribution in [0, 0.1) is 0 Å². The maximum Gasteiger partial charge on any atom is 0.341 e. The molecule has 0 atom stereocenters. The zero-order valence-corrected chi connectivity index (χ0v) is 11.5. The first-order chi connectivity index (χ1) is 9.11. The number of Topliss-reactive ketones (excluding diaryl/α,β-unsaturated/α-hetero) is 1. The summed E-state index contributed by atoms with van der Waals surface area (Å²) in [5.74, 6) is -0.973. The number of hydrogen-bond acceptors (Lipinski definition) is 4. The number of aromatic nitrogens is 1. The molecule has 0 fully saturated rings. The van der Waals surface area contributed by atoms with Crippen molar-refractivity contribution in [2.45, 2.75) is 32.7 Å². The maximum atomic E-state index is 12.0. The third-order valence-electron chi connectivity index (χ3n) is 3.24. The van der Waals surface area contributed by atoms with Gasteiger partial charge < -0.3 is 14.4 Å². The summed E-state index contributed by atoms with van der Waals surface area (Å²) in [6.45, 7) is 1.98. The summed E-state index contributed by atoms with van der Waals surface area (Å²) in [5.41, 5.74) is 1.24. The lowest BCUT2D eigenvalue weighted by Crippen LogP contribution is -2.18. The van der Waals surface area contributed by atoms with Crippen molar-refractivity contribution in [1.82, 2.24) is 4.57 Å². The van der Waals surface area contributed by atoms with Crippen LogP contribution in [0.5, 0.6) is 0 Å². The van der Waals surface area contributed by atoms with E-state index in [1.165, 1.54) is 0 Å². The predicted molar refractivity (Wildman–Crippen MR) is 69.8 cm³/mol. The molecular formula is C13H16ClNO4. The van der Waals surface area contributed by atoms with Gasteiger partial charge in [-0.2, -0.15) is 0 Å². The lowest BCUT2D eigenvalue weighted by Gasteiger charge is -2.17. The second-order valence-corrected chi connectivity index (χ2v) is 4.77. The average molecular weight is 286 g/mol. The van der Waals surface area contributed by atoms with Gasteiger partial charge in [-0.1, -0.05) is 11.6 Å². The van der Waals surface area contributed by atoms with Gasteiger partial charge in [0.15, 0.2) is 0 Å². The van der Waals surface area contributed by atoms with Crippen LogP contribution in [0.25, 0.3) is 0 Å². The number of carbonyl (C=O) groups is 2. The first kappa shape index (κ1) is 14.1. The van der Waals surface area contributed by atoms with Crippen LogP contribution in [-0.2, 0) is 17.7 Å². The highest BCUT2D eigenvalue weighted by Crippen LogP contribution is 2.33. The molecule has 5 nitrogen and oxygen atoms in total. The minimum atomic E-state index is -0.620. The number of ether oxygens (including phenoxy) is 1. The van der Waals surface area contributed by atoms with E-state index in [0.29, 0.717) is 13.0 Å². The Morgan fingerprint density at radius 3 is 2.79 bits per heavy atom. The summed E-state index contributed by atoms with van der Waals surface area (Å²) in [7, 11) is 0. The van der Waals surface area contributed by atoms with Gasteiger partial charge in [0.2, 0.25) is 5.78 Å². The Labute approximate surface area is 116 Å². The highest BCUT2D eigenvalue weighted by molar-refractivity contribution is 6.37. The lowest BCUT2D eigenvalue weighted by molar-refractivity contribution is 0.0524. The molecule has 1 N–H and O–H groups in total. The van der Waals surface area contributed by atoms with Gasteiger partial charge in [-0.3, -0.25) is 4.79 Å². The average Bonchev–Trinajstić information content (AvgIpc) is 2.70. The molecule has 0 amide bonds. The van der Waals surface area contributed by atoms with Crippen molar-refractivity contribution in [3.05, 3.63) is 22.0 Å². The van der Waals surface area contributed by atoms with Crippen LogP contribution >= 0.6 is 11.6 Å². The molecule has 0 spiro atoms. The third kappa shape index (κ3) is 2.40. The van der Waals surface area contributed by atoms with Crippen molar-refractivity contribution in [3.63, 3.8) is 0 Å². The molecule has 1 aliphatic heterocycles. The molecular weight excluding hydrogens is 270 g/mol. The van der Waals surface area contributed by atoms with Crippen molar-refractivity contribution >= 4 is 23.4 Å². The number of carbonyl (C=O) groups excluding carboxylic acids is 2. The van der Waals surface area contributed by atoms with Gasteiger partial charge in [0, 0.05) is 12.2 Å². The molecule has 0 saturated carbocycles. The smallest absolute Gasteiger partial charge is 0.341 e. The summed E-state index contributed by atoms with van der Waals surface area (Å²) in [4.78, 5) is 23.8. The molecule has 104 valence electrons. The highest BCUT2D eigenvalue weighted by atomic mass is 35.5. The van der Waals surface area contributed by atoms with Crippen LogP contribution in [0.4, 0.5) is 0 Å². The number of ketones is 1. The van der Waals surface area contributed by atoms with Crippen LogP contribution in [0.2, 0.25) is 5.02 Å². The van der Waals surface area contributed by atoms with Gasteiger partial charge in [0.25, 0.3) is 0 Å². The van der Waals surface area contributed by atoms with Crippen LogP contribution in [0.15, 0.2) is 0 Å². The molecule has 0 aromatic carbocycles.